The highest BCUT2D eigenvalue weighted by molar-refractivity contribution is 5.79. The van der Waals surface area contributed by atoms with Crippen molar-refractivity contribution < 1.29 is 9.13 Å². The Balaban J connectivity index is 2.59. The van der Waals surface area contributed by atoms with Crippen LogP contribution in [0.15, 0.2) is 17.1 Å². The Hall–Kier alpha value is -1.66. The van der Waals surface area contributed by atoms with Crippen molar-refractivity contribution in [2.75, 3.05) is 20.3 Å². The molecule has 0 aromatic heterocycles. The molecule has 0 amide bonds. The Kier molecular flexibility index (Phi) is 6.97. The second-order valence-electron chi connectivity index (χ2n) is 4.63. The summed E-state index contributed by atoms with van der Waals surface area (Å²) in [4.78, 5) is 4.33. The van der Waals surface area contributed by atoms with E-state index in [1.165, 1.54) is 0 Å². The number of hydrazine groups is 1. The maximum atomic E-state index is 13.5. The van der Waals surface area contributed by atoms with E-state index in [0.29, 0.717) is 30.2 Å². The van der Waals surface area contributed by atoms with Crippen LogP contribution in [0.25, 0.3) is 0 Å². The number of aryl methyl sites for hydroxylation is 2. The third kappa shape index (κ3) is 5.14. The minimum atomic E-state index is -0.160. The Bertz CT molecular complexity index is 439. The molecule has 20 heavy (non-hydrogen) atoms. The van der Waals surface area contributed by atoms with Gasteiger partial charge in [0.15, 0.2) is 0 Å². The van der Waals surface area contributed by atoms with Gasteiger partial charge in [0.05, 0.1) is 6.54 Å². The summed E-state index contributed by atoms with van der Waals surface area (Å²) in [6, 6.07) is 3.59. The summed E-state index contributed by atoms with van der Waals surface area (Å²) < 4.78 is 18.5. The number of hydrogen-bond donors (Lipinski definition) is 3. The monoisotopic (exact) mass is 282 g/mol. The zero-order chi connectivity index (χ0) is 15.0. The number of benzene rings is 1. The number of aliphatic imine (C=N–C) groups is 1. The first-order valence-electron chi connectivity index (χ1n) is 6.58. The van der Waals surface area contributed by atoms with Crippen LogP contribution >= 0.6 is 0 Å². The topological polar surface area (TPSA) is 71.7 Å². The van der Waals surface area contributed by atoms with Crippen LogP contribution in [0.1, 0.15) is 23.1 Å². The van der Waals surface area contributed by atoms with Gasteiger partial charge in [-0.2, -0.15) is 0 Å². The van der Waals surface area contributed by atoms with Crippen molar-refractivity contribution in [3.63, 3.8) is 0 Å². The third-order valence-electron chi connectivity index (χ3n) is 2.87. The van der Waals surface area contributed by atoms with Crippen LogP contribution in [-0.2, 0) is 11.3 Å². The van der Waals surface area contributed by atoms with Crippen molar-refractivity contribution in [3.05, 3.63) is 34.6 Å². The Morgan fingerprint density at radius 3 is 2.55 bits per heavy atom. The van der Waals surface area contributed by atoms with E-state index < -0.39 is 0 Å². The Labute approximate surface area is 119 Å². The predicted molar refractivity (Wildman–Crippen MR) is 78.8 cm³/mol. The minimum absolute atomic E-state index is 0.160. The molecule has 0 unspecified atom stereocenters. The van der Waals surface area contributed by atoms with Crippen LogP contribution in [0.4, 0.5) is 4.39 Å². The number of nitrogens with zero attached hydrogens (tertiary/aromatic N) is 1. The van der Waals surface area contributed by atoms with Crippen LogP contribution in [0, 0.1) is 19.7 Å². The minimum Gasteiger partial charge on any atom is -0.385 e. The number of ether oxygens (including phenoxy) is 1. The van der Waals surface area contributed by atoms with Crippen molar-refractivity contribution in [1.82, 2.24) is 10.7 Å². The molecule has 4 N–H and O–H groups in total. The normalized spacial score (nSPS) is 11.6. The number of rotatable bonds is 6. The summed E-state index contributed by atoms with van der Waals surface area (Å²) in [7, 11) is 1.66. The summed E-state index contributed by atoms with van der Waals surface area (Å²) in [5.41, 5.74) is 4.73. The lowest BCUT2D eigenvalue weighted by atomic mass is 10.1. The molecular formula is C14H23FN4O. The molecule has 0 bridgehead atoms. The Morgan fingerprint density at radius 1 is 1.35 bits per heavy atom. The fourth-order valence-electron chi connectivity index (χ4n) is 1.87. The van der Waals surface area contributed by atoms with E-state index in [0.717, 1.165) is 18.5 Å². The third-order valence-corrected chi connectivity index (χ3v) is 2.87. The average molecular weight is 282 g/mol. The summed E-state index contributed by atoms with van der Waals surface area (Å²) >= 11 is 0. The van der Waals surface area contributed by atoms with Crippen LogP contribution < -0.4 is 16.6 Å². The van der Waals surface area contributed by atoms with Crippen LogP contribution in [-0.4, -0.2) is 26.2 Å². The average Bonchev–Trinajstić information content (AvgIpc) is 2.44. The molecule has 112 valence electrons. The molecule has 0 spiro atoms. The number of methoxy groups -OCH3 is 1. The highest BCUT2D eigenvalue weighted by Crippen LogP contribution is 2.15. The van der Waals surface area contributed by atoms with Gasteiger partial charge < -0.3 is 10.1 Å². The highest BCUT2D eigenvalue weighted by Gasteiger charge is 2.04. The van der Waals surface area contributed by atoms with Gasteiger partial charge in [-0.25, -0.2) is 15.2 Å². The van der Waals surface area contributed by atoms with E-state index in [2.05, 4.69) is 15.7 Å². The van der Waals surface area contributed by atoms with Gasteiger partial charge in [-0.3, -0.25) is 5.43 Å². The van der Waals surface area contributed by atoms with Gasteiger partial charge in [0.2, 0.25) is 5.96 Å². The summed E-state index contributed by atoms with van der Waals surface area (Å²) in [6.45, 7) is 5.35. The first kappa shape index (κ1) is 16.4. The van der Waals surface area contributed by atoms with Crippen molar-refractivity contribution >= 4 is 5.96 Å². The smallest absolute Gasteiger partial charge is 0.206 e. The first-order valence-corrected chi connectivity index (χ1v) is 6.58. The van der Waals surface area contributed by atoms with Crippen LogP contribution in [0.2, 0.25) is 0 Å². The maximum absolute atomic E-state index is 13.5. The number of hydrogen-bond acceptors (Lipinski definition) is 3. The number of nitrogens with two attached hydrogens (primary N) is 1. The molecule has 6 heteroatoms. The van der Waals surface area contributed by atoms with Crippen molar-refractivity contribution in [3.8, 4) is 0 Å². The van der Waals surface area contributed by atoms with Gasteiger partial charge in [0, 0.05) is 20.3 Å². The molecule has 1 aromatic rings. The van der Waals surface area contributed by atoms with Gasteiger partial charge in [-0.1, -0.05) is 12.1 Å². The quantitative estimate of drug-likeness (QED) is 0.242. The molecule has 0 heterocycles. The van der Waals surface area contributed by atoms with Crippen LogP contribution in [0.5, 0.6) is 0 Å². The zero-order valence-corrected chi connectivity index (χ0v) is 12.3. The molecule has 0 saturated heterocycles. The standard InChI is InChI=1S/C14H23FN4O/c1-10-7-12(8-11(2)13(10)15)9-18-14(19-16)17-5-4-6-20-3/h7-8H,4-6,9,16H2,1-3H3,(H2,17,18,19). The Morgan fingerprint density at radius 2 is 2.00 bits per heavy atom. The fraction of sp³-hybridized carbons (Fsp3) is 0.500. The lowest BCUT2D eigenvalue weighted by Crippen LogP contribution is -2.42. The molecule has 0 fully saturated rings. The lowest BCUT2D eigenvalue weighted by Gasteiger charge is -2.09. The molecule has 0 aliphatic heterocycles. The molecule has 5 nitrogen and oxygen atoms in total. The van der Waals surface area contributed by atoms with E-state index >= 15 is 0 Å². The second kappa shape index (κ2) is 8.50. The molecule has 0 saturated carbocycles. The van der Waals surface area contributed by atoms with Gasteiger partial charge in [-0.15, -0.1) is 0 Å². The van der Waals surface area contributed by atoms with Gasteiger partial charge in [0.1, 0.15) is 5.82 Å². The molecule has 0 radical (unpaired) electrons. The van der Waals surface area contributed by atoms with Crippen LogP contribution in [0.3, 0.4) is 0 Å². The summed E-state index contributed by atoms with van der Waals surface area (Å²) in [5, 5.41) is 3.07. The molecule has 0 aliphatic carbocycles. The summed E-state index contributed by atoms with van der Waals surface area (Å²) in [6.07, 6.45) is 0.867. The van der Waals surface area contributed by atoms with E-state index in [4.69, 9.17) is 10.6 Å². The maximum Gasteiger partial charge on any atom is 0.206 e. The number of halogens is 1. The van der Waals surface area contributed by atoms with Crippen molar-refractivity contribution in [2.24, 2.45) is 10.8 Å². The van der Waals surface area contributed by atoms with Gasteiger partial charge in [-0.05, 0) is 37.0 Å². The van der Waals surface area contributed by atoms with Crippen molar-refractivity contribution in [1.29, 1.82) is 0 Å². The van der Waals surface area contributed by atoms with E-state index in [9.17, 15) is 4.39 Å². The SMILES string of the molecule is COCCCNC(=NCc1cc(C)c(F)c(C)c1)NN. The number of guanidine groups is 1. The lowest BCUT2D eigenvalue weighted by molar-refractivity contribution is 0.195. The summed E-state index contributed by atoms with van der Waals surface area (Å²) in [5.74, 6) is 5.76. The number of nitrogens with one attached hydrogen (secondary N) is 2. The van der Waals surface area contributed by atoms with Gasteiger partial charge in [0.25, 0.3) is 0 Å². The molecule has 0 atom stereocenters. The van der Waals surface area contributed by atoms with Gasteiger partial charge >= 0.3 is 0 Å². The molecule has 1 aromatic carbocycles. The molecule has 0 aliphatic rings. The molecular weight excluding hydrogens is 259 g/mol. The predicted octanol–water partition coefficient (Wildman–Crippen LogP) is 1.39. The van der Waals surface area contributed by atoms with E-state index in [1.54, 1.807) is 33.1 Å². The largest absolute Gasteiger partial charge is 0.385 e. The van der Waals surface area contributed by atoms with E-state index in [1.807, 2.05) is 0 Å². The van der Waals surface area contributed by atoms with Crippen molar-refractivity contribution in [2.45, 2.75) is 26.8 Å². The fourth-order valence-corrected chi connectivity index (χ4v) is 1.87. The first-order chi connectivity index (χ1) is 9.58. The second-order valence-corrected chi connectivity index (χ2v) is 4.63. The highest BCUT2D eigenvalue weighted by atomic mass is 19.1. The zero-order valence-electron chi connectivity index (χ0n) is 12.3. The molecule has 1 rings (SSSR count). The van der Waals surface area contributed by atoms with E-state index in [-0.39, 0.29) is 5.82 Å².